The normalized spacial score (nSPS) is 47.2. The summed E-state index contributed by atoms with van der Waals surface area (Å²) >= 11 is 0. The van der Waals surface area contributed by atoms with Crippen molar-refractivity contribution in [3.05, 3.63) is 0 Å². The van der Waals surface area contributed by atoms with Crippen LogP contribution < -0.4 is 0 Å². The molecule has 0 aromatic carbocycles. The van der Waals surface area contributed by atoms with Gasteiger partial charge in [0.2, 0.25) is 5.79 Å². The Labute approximate surface area is 121 Å². The summed E-state index contributed by atoms with van der Waals surface area (Å²) in [4.78, 5) is 0. The Balaban J connectivity index is 1.65. The first-order valence-electron chi connectivity index (χ1n) is 8.39. The molecule has 0 unspecified atom stereocenters. The molecular weight excluding hydrogens is 256 g/mol. The lowest BCUT2D eigenvalue weighted by Crippen LogP contribution is -2.59. The van der Waals surface area contributed by atoms with E-state index in [0.717, 1.165) is 25.7 Å². The van der Waals surface area contributed by atoms with Crippen LogP contribution >= 0.6 is 0 Å². The van der Waals surface area contributed by atoms with Crippen LogP contribution in [0.4, 0.5) is 0 Å². The highest BCUT2D eigenvalue weighted by Crippen LogP contribution is 2.51. The number of aliphatic hydroxyl groups is 2. The number of fused-ring (bicyclic) bond motifs is 1. The van der Waals surface area contributed by atoms with Gasteiger partial charge in [-0.25, -0.2) is 0 Å². The highest BCUT2D eigenvalue weighted by Gasteiger charge is 2.62. The fraction of sp³-hybridized carbons (Fsp3) is 1.00. The Morgan fingerprint density at radius 2 is 1.85 bits per heavy atom. The maximum absolute atomic E-state index is 10.4. The number of rotatable bonds is 5. The zero-order valence-electron chi connectivity index (χ0n) is 12.5. The highest BCUT2D eigenvalue weighted by atomic mass is 16.8. The third-order valence-electron chi connectivity index (χ3n) is 5.37. The monoisotopic (exact) mass is 284 g/mol. The summed E-state index contributed by atoms with van der Waals surface area (Å²) in [6.07, 6.45) is 8.28. The molecule has 20 heavy (non-hydrogen) atoms. The van der Waals surface area contributed by atoms with Crippen LogP contribution in [0.5, 0.6) is 0 Å². The third-order valence-corrected chi connectivity index (χ3v) is 5.37. The first-order valence-corrected chi connectivity index (χ1v) is 8.39. The molecule has 0 aromatic heterocycles. The van der Waals surface area contributed by atoms with E-state index in [1.54, 1.807) is 0 Å². The van der Waals surface area contributed by atoms with E-state index in [2.05, 4.69) is 6.92 Å². The number of hydrogen-bond acceptors (Lipinski definition) is 4. The summed E-state index contributed by atoms with van der Waals surface area (Å²) in [6.45, 7) is 2.21. The minimum atomic E-state index is -0.907. The van der Waals surface area contributed by atoms with Gasteiger partial charge >= 0.3 is 0 Å². The Bertz CT molecular complexity index is 334. The zero-order valence-corrected chi connectivity index (χ0v) is 12.5. The van der Waals surface area contributed by atoms with Gasteiger partial charge in [-0.2, -0.15) is 0 Å². The minimum absolute atomic E-state index is 0.0526. The lowest BCUT2D eigenvalue weighted by Gasteiger charge is -2.47. The summed E-state index contributed by atoms with van der Waals surface area (Å²) in [5.41, 5.74) is 0. The summed E-state index contributed by atoms with van der Waals surface area (Å²) in [5.74, 6) is -0.959. The van der Waals surface area contributed by atoms with Crippen molar-refractivity contribution in [1.29, 1.82) is 0 Å². The topological polar surface area (TPSA) is 58.9 Å². The summed E-state index contributed by atoms with van der Waals surface area (Å²) in [6, 6.07) is 0. The van der Waals surface area contributed by atoms with Gasteiger partial charge in [-0.3, -0.25) is 0 Å². The molecule has 2 N–H and O–H groups in total. The van der Waals surface area contributed by atoms with E-state index in [4.69, 9.17) is 9.47 Å². The first kappa shape index (κ1) is 14.8. The standard InChI is InChI=1S/C16H28O4/c1-2-3-4-5-6-13-14-9-7-11-12(17)8-10-15(18)16(11,19-13)20-14/h11-15,17-18H,2-10H2,1H3/t11-,12-,13+,14-,15+,16+/m1/s1. The Morgan fingerprint density at radius 1 is 1.00 bits per heavy atom. The third kappa shape index (κ3) is 2.41. The van der Waals surface area contributed by atoms with Crippen molar-refractivity contribution < 1.29 is 19.7 Å². The highest BCUT2D eigenvalue weighted by molar-refractivity contribution is 5.04. The van der Waals surface area contributed by atoms with Gasteiger partial charge in [-0.05, 0) is 32.1 Å². The van der Waals surface area contributed by atoms with Crippen LogP contribution in [0.1, 0.15) is 64.7 Å². The fourth-order valence-electron chi connectivity index (χ4n) is 4.23. The van der Waals surface area contributed by atoms with E-state index >= 15 is 0 Å². The van der Waals surface area contributed by atoms with Crippen LogP contribution in [-0.2, 0) is 9.47 Å². The van der Waals surface area contributed by atoms with E-state index in [1.807, 2.05) is 0 Å². The molecular formula is C16H28O4. The van der Waals surface area contributed by atoms with Crippen LogP contribution in [0.2, 0.25) is 0 Å². The molecule has 2 saturated heterocycles. The summed E-state index contributed by atoms with van der Waals surface area (Å²) in [7, 11) is 0. The lowest BCUT2D eigenvalue weighted by atomic mass is 9.75. The number of unbranched alkanes of at least 4 members (excludes halogenated alkanes) is 3. The van der Waals surface area contributed by atoms with Crippen molar-refractivity contribution in [3.63, 3.8) is 0 Å². The molecule has 4 heteroatoms. The summed E-state index contributed by atoms with van der Waals surface area (Å²) in [5, 5.41) is 20.6. The predicted molar refractivity (Wildman–Crippen MR) is 75.2 cm³/mol. The van der Waals surface area contributed by atoms with Gasteiger partial charge in [0.25, 0.3) is 0 Å². The minimum Gasteiger partial charge on any atom is -0.393 e. The Hall–Kier alpha value is -0.160. The van der Waals surface area contributed by atoms with Gasteiger partial charge in [-0.1, -0.05) is 32.6 Å². The molecule has 1 saturated carbocycles. The van der Waals surface area contributed by atoms with Gasteiger partial charge in [0.1, 0.15) is 6.10 Å². The number of aliphatic hydroxyl groups excluding tert-OH is 2. The van der Waals surface area contributed by atoms with Crippen LogP contribution in [0.15, 0.2) is 0 Å². The van der Waals surface area contributed by atoms with Crippen molar-refractivity contribution in [3.8, 4) is 0 Å². The molecule has 2 bridgehead atoms. The maximum Gasteiger partial charge on any atom is 0.200 e. The van der Waals surface area contributed by atoms with Crippen LogP contribution in [0.3, 0.4) is 0 Å². The average molecular weight is 284 g/mol. The quantitative estimate of drug-likeness (QED) is 0.761. The molecule has 0 radical (unpaired) electrons. The van der Waals surface area contributed by atoms with E-state index in [0.29, 0.717) is 12.8 Å². The van der Waals surface area contributed by atoms with E-state index in [-0.39, 0.29) is 18.1 Å². The molecule has 116 valence electrons. The molecule has 1 spiro atoms. The first-order chi connectivity index (χ1) is 9.67. The Kier molecular flexibility index (Phi) is 4.37. The molecule has 1 aliphatic carbocycles. The van der Waals surface area contributed by atoms with Crippen molar-refractivity contribution >= 4 is 0 Å². The second kappa shape index (κ2) is 5.91. The fourth-order valence-corrected chi connectivity index (χ4v) is 4.23. The molecule has 2 heterocycles. The molecule has 4 nitrogen and oxygen atoms in total. The van der Waals surface area contributed by atoms with Crippen molar-refractivity contribution in [2.75, 3.05) is 0 Å². The summed E-state index contributed by atoms with van der Waals surface area (Å²) < 4.78 is 12.3. The van der Waals surface area contributed by atoms with Gasteiger partial charge in [0, 0.05) is 5.92 Å². The van der Waals surface area contributed by atoms with Crippen LogP contribution in [0, 0.1) is 5.92 Å². The molecule has 3 rings (SSSR count). The second-order valence-corrected chi connectivity index (χ2v) is 6.73. The SMILES string of the molecule is CCCCCC[C@@H]1O[C@]23O[C@@H]1CC[C@@H]2[C@H](O)CC[C@@H]3O. The van der Waals surface area contributed by atoms with E-state index < -0.39 is 18.0 Å². The zero-order chi connectivity index (χ0) is 14.2. The number of ether oxygens (including phenoxy) is 2. The molecule has 6 atom stereocenters. The van der Waals surface area contributed by atoms with Gasteiger partial charge < -0.3 is 19.7 Å². The predicted octanol–water partition coefficient (Wildman–Crippen LogP) is 2.36. The van der Waals surface area contributed by atoms with Crippen LogP contribution in [0.25, 0.3) is 0 Å². The van der Waals surface area contributed by atoms with E-state index in [9.17, 15) is 10.2 Å². The van der Waals surface area contributed by atoms with Crippen molar-refractivity contribution in [1.82, 2.24) is 0 Å². The van der Waals surface area contributed by atoms with Gasteiger partial charge in [0.05, 0.1) is 18.3 Å². The van der Waals surface area contributed by atoms with Crippen molar-refractivity contribution in [2.24, 2.45) is 5.92 Å². The molecule has 0 amide bonds. The Morgan fingerprint density at radius 3 is 2.65 bits per heavy atom. The second-order valence-electron chi connectivity index (χ2n) is 6.73. The lowest BCUT2D eigenvalue weighted by molar-refractivity contribution is -0.307. The molecule has 3 fully saturated rings. The van der Waals surface area contributed by atoms with E-state index in [1.165, 1.54) is 19.3 Å². The maximum atomic E-state index is 10.4. The smallest absolute Gasteiger partial charge is 0.200 e. The van der Waals surface area contributed by atoms with Gasteiger partial charge in [-0.15, -0.1) is 0 Å². The molecule has 0 aromatic rings. The molecule has 3 aliphatic rings. The van der Waals surface area contributed by atoms with Gasteiger partial charge in [0.15, 0.2) is 0 Å². The largest absolute Gasteiger partial charge is 0.393 e. The van der Waals surface area contributed by atoms with Crippen LogP contribution in [-0.4, -0.2) is 40.4 Å². The number of hydrogen-bond donors (Lipinski definition) is 2. The average Bonchev–Trinajstić information content (AvgIpc) is 2.73. The molecule has 2 aliphatic heterocycles. The van der Waals surface area contributed by atoms with Crippen molar-refractivity contribution in [2.45, 2.75) is 94.9 Å².